The first-order valence-electron chi connectivity index (χ1n) is 3.60. The number of hydrogen-bond donors (Lipinski definition) is 2. The summed E-state index contributed by atoms with van der Waals surface area (Å²) in [6, 6.07) is -0.775. The third-order valence-corrected chi connectivity index (χ3v) is 1.30. The van der Waals surface area contributed by atoms with E-state index < -0.39 is 25.0 Å². The predicted molar refractivity (Wildman–Crippen MR) is 41.7 cm³/mol. The molecule has 0 bridgehead atoms. The molecule has 0 aliphatic heterocycles. The van der Waals surface area contributed by atoms with E-state index in [9.17, 15) is 17.6 Å². The number of hydrogen-bond acceptors (Lipinski definition) is 3. The highest BCUT2D eigenvalue weighted by Crippen LogP contribution is 2.22. The van der Waals surface area contributed by atoms with Crippen LogP contribution < -0.4 is 11.3 Å². The van der Waals surface area contributed by atoms with Crippen molar-refractivity contribution in [2.24, 2.45) is 5.84 Å². The molecule has 1 unspecified atom stereocenters. The van der Waals surface area contributed by atoms with Crippen LogP contribution in [0.2, 0.25) is 0 Å². The van der Waals surface area contributed by atoms with Crippen LogP contribution in [0.1, 0.15) is 0 Å². The molecule has 0 aliphatic carbocycles. The second-order valence-electron chi connectivity index (χ2n) is 2.46. The van der Waals surface area contributed by atoms with Crippen LogP contribution in [0.4, 0.5) is 17.6 Å². The highest BCUT2D eigenvalue weighted by atomic mass is 19.3. The second kappa shape index (κ2) is 5.80. The summed E-state index contributed by atoms with van der Waals surface area (Å²) in [5.74, 6) is 2.80. The number of hydrazine groups is 1. The van der Waals surface area contributed by atoms with E-state index in [2.05, 4.69) is 16.1 Å². The van der Waals surface area contributed by atoms with Crippen LogP contribution in [0.15, 0.2) is 0 Å². The Balaban J connectivity index is 3.79. The lowest BCUT2D eigenvalue weighted by Gasteiger charge is -2.16. The van der Waals surface area contributed by atoms with E-state index in [1.807, 2.05) is 0 Å². The van der Waals surface area contributed by atoms with E-state index in [1.54, 1.807) is 0 Å². The van der Waals surface area contributed by atoms with E-state index in [0.29, 0.717) is 0 Å². The SMILES string of the molecule is C#CC(COCC(F)(F)C(F)F)NN. The third-order valence-electron chi connectivity index (χ3n) is 1.30. The van der Waals surface area contributed by atoms with Gasteiger partial charge in [0, 0.05) is 0 Å². The van der Waals surface area contributed by atoms with Gasteiger partial charge >= 0.3 is 12.3 Å². The third kappa shape index (κ3) is 4.41. The Morgan fingerprint density at radius 2 is 2.07 bits per heavy atom. The first-order chi connectivity index (χ1) is 6.44. The molecular formula is C7H10F4N2O. The molecule has 3 N–H and O–H groups in total. The summed E-state index contributed by atoms with van der Waals surface area (Å²) < 4.78 is 51.9. The normalized spacial score (nSPS) is 14.1. The van der Waals surface area contributed by atoms with Crippen LogP contribution in [0.25, 0.3) is 0 Å². The molecule has 0 rings (SSSR count). The zero-order valence-electron chi connectivity index (χ0n) is 7.14. The summed E-state index contributed by atoms with van der Waals surface area (Å²) in [6.07, 6.45) is 1.13. The van der Waals surface area contributed by atoms with Crippen molar-refractivity contribution in [2.45, 2.75) is 18.4 Å². The van der Waals surface area contributed by atoms with Gasteiger partial charge in [-0.25, -0.2) is 14.2 Å². The van der Waals surface area contributed by atoms with Gasteiger partial charge < -0.3 is 4.74 Å². The van der Waals surface area contributed by atoms with Crippen molar-refractivity contribution in [3.8, 4) is 12.3 Å². The van der Waals surface area contributed by atoms with E-state index in [4.69, 9.17) is 12.3 Å². The number of terminal acetylenes is 1. The summed E-state index contributed by atoms with van der Waals surface area (Å²) in [7, 11) is 0. The van der Waals surface area contributed by atoms with Crippen LogP contribution in [0, 0.1) is 12.3 Å². The maximum atomic E-state index is 12.2. The largest absolute Gasteiger partial charge is 0.372 e. The van der Waals surface area contributed by atoms with E-state index in [-0.39, 0.29) is 6.61 Å². The number of nitrogens with two attached hydrogens (primary N) is 1. The van der Waals surface area contributed by atoms with Gasteiger partial charge in [0.1, 0.15) is 12.6 Å². The van der Waals surface area contributed by atoms with Gasteiger partial charge in [0.2, 0.25) is 0 Å². The molecule has 0 radical (unpaired) electrons. The Hall–Kier alpha value is -0.840. The van der Waals surface area contributed by atoms with Gasteiger partial charge in [-0.15, -0.1) is 6.42 Å². The molecule has 1 atom stereocenters. The molecular weight excluding hydrogens is 204 g/mol. The van der Waals surface area contributed by atoms with E-state index in [0.717, 1.165) is 0 Å². The molecule has 14 heavy (non-hydrogen) atoms. The fourth-order valence-electron chi connectivity index (χ4n) is 0.520. The number of nitrogens with one attached hydrogen (secondary N) is 1. The molecule has 0 saturated heterocycles. The van der Waals surface area contributed by atoms with Crippen molar-refractivity contribution in [3.63, 3.8) is 0 Å². The Morgan fingerprint density at radius 1 is 1.50 bits per heavy atom. The van der Waals surface area contributed by atoms with Crippen molar-refractivity contribution in [1.82, 2.24) is 5.43 Å². The standard InChI is InChI=1S/C7H10F4N2O/c1-2-5(13-12)3-14-4-7(10,11)6(8)9/h1,5-6,13H,3-4,12H2. The minimum atomic E-state index is -4.16. The van der Waals surface area contributed by atoms with E-state index in [1.165, 1.54) is 0 Å². The van der Waals surface area contributed by atoms with Crippen LogP contribution in [0.5, 0.6) is 0 Å². The molecule has 0 fully saturated rings. The first kappa shape index (κ1) is 13.2. The average Bonchev–Trinajstić information content (AvgIpc) is 2.12. The maximum Gasteiger partial charge on any atom is 0.330 e. The van der Waals surface area contributed by atoms with Gasteiger partial charge in [-0.05, 0) is 0 Å². The van der Waals surface area contributed by atoms with Gasteiger partial charge in [-0.1, -0.05) is 5.92 Å². The minimum Gasteiger partial charge on any atom is -0.372 e. The zero-order valence-corrected chi connectivity index (χ0v) is 7.14. The van der Waals surface area contributed by atoms with Crippen molar-refractivity contribution in [1.29, 1.82) is 0 Å². The Labute approximate surface area is 78.6 Å². The van der Waals surface area contributed by atoms with Crippen molar-refractivity contribution < 1.29 is 22.3 Å². The van der Waals surface area contributed by atoms with Crippen LogP contribution in [-0.4, -0.2) is 31.6 Å². The Kier molecular flexibility index (Phi) is 5.45. The second-order valence-corrected chi connectivity index (χ2v) is 2.46. The number of halogens is 4. The van der Waals surface area contributed by atoms with Crippen LogP contribution in [0.3, 0.4) is 0 Å². The summed E-state index contributed by atoms with van der Waals surface area (Å²) in [5, 5.41) is 0. The summed E-state index contributed by atoms with van der Waals surface area (Å²) in [6.45, 7) is -1.74. The smallest absolute Gasteiger partial charge is 0.330 e. The fourth-order valence-corrected chi connectivity index (χ4v) is 0.520. The molecule has 0 aromatic heterocycles. The summed E-state index contributed by atoms with van der Waals surface area (Å²) in [4.78, 5) is 0. The number of rotatable bonds is 6. The number of ether oxygens (including phenoxy) is 1. The quantitative estimate of drug-likeness (QED) is 0.290. The van der Waals surface area contributed by atoms with E-state index >= 15 is 0 Å². The van der Waals surface area contributed by atoms with Gasteiger partial charge in [0.05, 0.1) is 6.61 Å². The van der Waals surface area contributed by atoms with Crippen molar-refractivity contribution in [2.75, 3.05) is 13.2 Å². The van der Waals surface area contributed by atoms with Gasteiger partial charge in [-0.2, -0.15) is 8.78 Å². The van der Waals surface area contributed by atoms with Crippen molar-refractivity contribution >= 4 is 0 Å². The highest BCUT2D eigenvalue weighted by Gasteiger charge is 2.41. The summed E-state index contributed by atoms with van der Waals surface area (Å²) >= 11 is 0. The topological polar surface area (TPSA) is 47.3 Å². The average molecular weight is 214 g/mol. The molecule has 3 nitrogen and oxygen atoms in total. The molecule has 0 spiro atoms. The Bertz CT molecular complexity index is 204. The Morgan fingerprint density at radius 3 is 2.43 bits per heavy atom. The van der Waals surface area contributed by atoms with Gasteiger partial charge in [0.15, 0.2) is 0 Å². The van der Waals surface area contributed by atoms with Gasteiger partial charge in [0.25, 0.3) is 0 Å². The van der Waals surface area contributed by atoms with Crippen LogP contribution in [-0.2, 0) is 4.74 Å². The molecule has 7 heteroatoms. The molecule has 0 heterocycles. The van der Waals surface area contributed by atoms with Gasteiger partial charge in [-0.3, -0.25) is 5.84 Å². The molecule has 0 amide bonds. The first-order valence-corrected chi connectivity index (χ1v) is 3.60. The number of alkyl halides is 4. The highest BCUT2D eigenvalue weighted by molar-refractivity contribution is 4.97. The lowest BCUT2D eigenvalue weighted by Crippen LogP contribution is -2.40. The predicted octanol–water partition coefficient (Wildman–Crippen LogP) is 0.368. The van der Waals surface area contributed by atoms with Crippen LogP contribution >= 0.6 is 0 Å². The lowest BCUT2D eigenvalue weighted by molar-refractivity contribution is -0.166. The summed E-state index contributed by atoms with van der Waals surface area (Å²) in [5.41, 5.74) is 2.07. The lowest BCUT2D eigenvalue weighted by atomic mass is 10.3. The fraction of sp³-hybridized carbons (Fsp3) is 0.714. The molecule has 0 saturated carbocycles. The molecule has 0 aliphatic rings. The monoisotopic (exact) mass is 214 g/mol. The molecule has 0 aromatic rings. The molecule has 0 aromatic carbocycles. The maximum absolute atomic E-state index is 12.2. The molecule has 82 valence electrons. The zero-order chi connectivity index (χ0) is 11.2. The van der Waals surface area contributed by atoms with Crippen molar-refractivity contribution in [3.05, 3.63) is 0 Å². The minimum absolute atomic E-state index is 0.352.